The first-order valence-corrected chi connectivity index (χ1v) is 28.0. The van der Waals surface area contributed by atoms with Gasteiger partial charge in [0, 0.05) is 49.9 Å². The second-order valence-corrected chi connectivity index (χ2v) is 15.3. The average Bonchev–Trinajstić information content (AvgIpc) is 3.48. The van der Waals surface area contributed by atoms with Crippen LogP contribution in [0.4, 0.5) is 0 Å². The molecule has 11 nitrogen and oxygen atoms in total. The van der Waals surface area contributed by atoms with Crippen LogP contribution in [0.25, 0.3) is 0 Å². The molecule has 0 amide bonds. The van der Waals surface area contributed by atoms with E-state index in [4.69, 9.17) is 38.3 Å². The van der Waals surface area contributed by atoms with E-state index in [-0.39, 0.29) is 0 Å². The second kappa shape index (κ2) is 39.1. The van der Waals surface area contributed by atoms with Gasteiger partial charge in [-0.25, -0.2) is 0 Å². The summed E-state index contributed by atoms with van der Waals surface area (Å²) in [6, 6.07) is 59.3. The molecule has 8 rings (SSSR count). The number of aromatic hydroxyl groups is 1. The maximum atomic E-state index is 11.4. The second-order valence-electron chi connectivity index (χ2n) is 14.4. The van der Waals surface area contributed by atoms with Gasteiger partial charge < -0.3 is 38.3 Å². The summed E-state index contributed by atoms with van der Waals surface area (Å²) in [6.45, 7) is 9.31. The Bertz CT molecular complexity index is 2790. The first-order chi connectivity index (χ1) is 36.8. The molecular formula is C61H63Br3O11. The Kier molecular flexibility index (Phi) is 33.2. The molecule has 0 saturated heterocycles. The number of carbonyl (C=O) groups is 3. The van der Waals surface area contributed by atoms with Crippen LogP contribution < -0.4 is 33.2 Å². The van der Waals surface area contributed by atoms with Crippen molar-refractivity contribution in [1.29, 1.82) is 0 Å². The SMILES string of the molecule is BrBr.CC.CC.COc1cc(C=O)c(Br)cc1OCc1ccccc1.COc1cc(C=O)c(Oc2ccccc2)cc1OCc1ccccc1.COc1cc(C=O)ccc1OCc1ccccc1.Oc1ccccc1. The zero-order valence-electron chi connectivity index (χ0n) is 43.0. The number of ether oxygens (including phenoxy) is 7. The van der Waals surface area contributed by atoms with E-state index >= 15 is 0 Å². The Labute approximate surface area is 465 Å². The number of hydrogen-bond donors (Lipinski definition) is 1. The molecule has 0 spiro atoms. The van der Waals surface area contributed by atoms with Gasteiger partial charge in [-0.05, 0) is 93.3 Å². The third kappa shape index (κ3) is 23.6. The van der Waals surface area contributed by atoms with E-state index in [1.807, 2.05) is 155 Å². The van der Waals surface area contributed by atoms with Crippen LogP contribution in [0.5, 0.6) is 51.7 Å². The molecule has 0 unspecified atom stereocenters. The van der Waals surface area contributed by atoms with E-state index in [0.717, 1.165) is 35.5 Å². The number of rotatable bonds is 17. The van der Waals surface area contributed by atoms with E-state index < -0.39 is 0 Å². The van der Waals surface area contributed by atoms with Crippen molar-refractivity contribution in [2.45, 2.75) is 47.5 Å². The summed E-state index contributed by atoms with van der Waals surface area (Å²) < 4.78 is 39.5. The van der Waals surface area contributed by atoms with Crippen LogP contribution in [0.2, 0.25) is 0 Å². The normalized spacial score (nSPS) is 9.31. The molecule has 0 aliphatic heterocycles. The monoisotopic (exact) mass is 1210 g/mol. The summed E-state index contributed by atoms with van der Waals surface area (Å²) in [5, 5.41) is 8.63. The smallest absolute Gasteiger partial charge is 0.165 e. The molecule has 0 saturated carbocycles. The topological polar surface area (TPSA) is 136 Å². The summed E-state index contributed by atoms with van der Waals surface area (Å²) in [6.07, 6.45) is 2.29. The van der Waals surface area contributed by atoms with E-state index in [2.05, 4.69) is 44.2 Å². The van der Waals surface area contributed by atoms with E-state index in [1.165, 1.54) is 7.11 Å². The lowest BCUT2D eigenvalue weighted by Gasteiger charge is -2.15. The highest BCUT2D eigenvalue weighted by molar-refractivity contribution is 9.93. The molecule has 14 heteroatoms. The van der Waals surface area contributed by atoms with Crippen LogP contribution in [0.15, 0.2) is 199 Å². The van der Waals surface area contributed by atoms with Gasteiger partial charge in [0.25, 0.3) is 0 Å². The van der Waals surface area contributed by atoms with Crippen molar-refractivity contribution in [3.05, 3.63) is 232 Å². The summed E-state index contributed by atoms with van der Waals surface area (Å²) >= 11 is 8.83. The van der Waals surface area contributed by atoms with Crippen LogP contribution in [-0.4, -0.2) is 45.3 Å². The standard InChI is InChI=1S/C21H18O4.C15H13BrO3.C15H14O3.C6H6O.2C2H6.Br2/c1-23-20-12-17(14-22)19(25-18-10-6-3-7-11-18)13-21(20)24-15-16-8-4-2-5-9-16;1-18-14-7-12(9-17)13(16)8-15(14)19-10-11-5-3-2-4-6-11;1-17-15-9-13(10-16)7-8-14(15)18-11-12-5-3-2-4-6-12;7-6-4-2-1-3-5-6;3*1-2/h2-14H,15H2,1H3;2-9H,10H2,1H3;2-10H,11H2,1H3;1-5,7H;2*1-2H3;. The predicted molar refractivity (Wildman–Crippen MR) is 310 cm³/mol. The molecule has 0 aliphatic carbocycles. The first-order valence-electron chi connectivity index (χ1n) is 23.5. The largest absolute Gasteiger partial charge is 0.508 e. The van der Waals surface area contributed by atoms with E-state index in [0.29, 0.717) is 92.7 Å². The third-order valence-corrected chi connectivity index (χ3v) is 10.3. The number of aldehydes is 3. The zero-order valence-corrected chi connectivity index (χ0v) is 47.8. The minimum Gasteiger partial charge on any atom is -0.508 e. The average molecular weight is 1210 g/mol. The number of halogens is 3. The van der Waals surface area contributed by atoms with Crippen LogP contribution in [0, 0.1) is 0 Å². The van der Waals surface area contributed by atoms with Crippen molar-refractivity contribution in [3.63, 3.8) is 0 Å². The Morgan fingerprint density at radius 2 is 0.773 bits per heavy atom. The van der Waals surface area contributed by atoms with Crippen molar-refractivity contribution in [1.82, 2.24) is 0 Å². The van der Waals surface area contributed by atoms with Gasteiger partial charge in [0.15, 0.2) is 47.1 Å². The molecule has 75 heavy (non-hydrogen) atoms. The maximum absolute atomic E-state index is 11.4. The molecule has 0 heterocycles. The highest BCUT2D eigenvalue weighted by Crippen LogP contribution is 2.37. The van der Waals surface area contributed by atoms with Gasteiger partial charge in [0.05, 0.1) is 26.9 Å². The molecule has 0 aliphatic rings. The number of phenols is 1. The fraction of sp³-hybridized carbons (Fsp3) is 0.164. The highest BCUT2D eigenvalue weighted by Gasteiger charge is 2.14. The molecule has 394 valence electrons. The fourth-order valence-electron chi connectivity index (χ4n) is 6.05. The van der Waals surface area contributed by atoms with Crippen molar-refractivity contribution in [3.8, 4) is 51.7 Å². The molecular weight excluding hydrogens is 1150 g/mol. The number of benzene rings is 8. The van der Waals surface area contributed by atoms with Gasteiger partial charge >= 0.3 is 0 Å². The third-order valence-electron chi connectivity index (χ3n) is 9.60. The quantitative estimate of drug-likeness (QED) is 0.0873. The lowest BCUT2D eigenvalue weighted by atomic mass is 10.2. The van der Waals surface area contributed by atoms with Crippen molar-refractivity contribution >= 4 is 63.0 Å². The van der Waals surface area contributed by atoms with Crippen molar-refractivity contribution in [2.75, 3.05) is 21.3 Å². The van der Waals surface area contributed by atoms with Gasteiger partial charge in [-0.3, -0.25) is 14.4 Å². The van der Waals surface area contributed by atoms with Crippen LogP contribution >= 0.6 is 44.2 Å². The van der Waals surface area contributed by atoms with Crippen molar-refractivity contribution in [2.24, 2.45) is 0 Å². The maximum Gasteiger partial charge on any atom is 0.165 e. The van der Waals surface area contributed by atoms with Crippen LogP contribution in [0.1, 0.15) is 75.5 Å². The summed E-state index contributed by atoms with van der Waals surface area (Å²) in [4.78, 5) is 32.9. The molecule has 0 atom stereocenters. The van der Waals surface area contributed by atoms with Crippen LogP contribution in [0.3, 0.4) is 0 Å². The molecule has 8 aromatic rings. The predicted octanol–water partition coefficient (Wildman–Crippen LogP) is 17.0. The van der Waals surface area contributed by atoms with Gasteiger partial charge in [0.2, 0.25) is 0 Å². The zero-order chi connectivity index (χ0) is 55.1. The lowest BCUT2D eigenvalue weighted by Crippen LogP contribution is -2.00. The number of para-hydroxylation sites is 2. The molecule has 0 aromatic heterocycles. The Morgan fingerprint density at radius 3 is 1.16 bits per heavy atom. The van der Waals surface area contributed by atoms with Gasteiger partial charge in [0.1, 0.15) is 43.4 Å². The van der Waals surface area contributed by atoms with E-state index in [9.17, 15) is 14.4 Å². The summed E-state index contributed by atoms with van der Waals surface area (Å²) in [5.74, 6) is 4.73. The van der Waals surface area contributed by atoms with Crippen LogP contribution in [-0.2, 0) is 19.8 Å². The number of hydrogen-bond acceptors (Lipinski definition) is 11. The summed E-state index contributed by atoms with van der Waals surface area (Å²) in [5.41, 5.74) is 4.68. The highest BCUT2D eigenvalue weighted by atomic mass is 80.9. The molecule has 0 bridgehead atoms. The Hall–Kier alpha value is -7.39. The molecule has 0 radical (unpaired) electrons. The van der Waals surface area contributed by atoms with Gasteiger partial charge in [-0.15, -0.1) is 0 Å². The minimum atomic E-state index is 0.322. The summed E-state index contributed by atoms with van der Waals surface area (Å²) in [7, 11) is 4.64. The fourth-order valence-corrected chi connectivity index (χ4v) is 6.47. The first kappa shape index (κ1) is 63.7. The Balaban J connectivity index is 0.000000348. The van der Waals surface area contributed by atoms with Gasteiger partial charge in [-0.2, -0.15) is 0 Å². The molecule has 0 fully saturated rings. The van der Waals surface area contributed by atoms with Crippen molar-refractivity contribution < 1.29 is 52.6 Å². The molecule has 1 N–H and O–H groups in total. The van der Waals surface area contributed by atoms with Gasteiger partial charge in [-0.1, -0.05) is 155 Å². The lowest BCUT2D eigenvalue weighted by molar-refractivity contribution is 0.111. The molecule has 8 aromatic carbocycles. The minimum absolute atomic E-state index is 0.322. The number of carbonyl (C=O) groups excluding carboxylic acids is 3. The number of methoxy groups -OCH3 is 3. The van der Waals surface area contributed by atoms with E-state index in [1.54, 1.807) is 80.9 Å². The number of phenolic OH excluding ortho intramolecular Hbond substituents is 1. The Morgan fingerprint density at radius 1 is 0.400 bits per heavy atom.